The Balaban J connectivity index is 1.61. The molecule has 0 fully saturated rings. The number of thiophene rings is 1. The zero-order chi connectivity index (χ0) is 13.8. The van der Waals surface area contributed by atoms with Gasteiger partial charge in [-0.3, -0.25) is 4.98 Å². The molecule has 1 unspecified atom stereocenters. The van der Waals surface area contributed by atoms with E-state index in [0.717, 1.165) is 29.7 Å². The van der Waals surface area contributed by atoms with Gasteiger partial charge in [-0.25, -0.2) is 4.98 Å². The van der Waals surface area contributed by atoms with Gasteiger partial charge in [-0.1, -0.05) is 12.1 Å². The summed E-state index contributed by atoms with van der Waals surface area (Å²) in [4.78, 5) is 9.06. The first kappa shape index (κ1) is 13.2. The second-order valence-corrected chi connectivity index (χ2v) is 5.75. The van der Waals surface area contributed by atoms with E-state index in [0.29, 0.717) is 6.04 Å². The van der Waals surface area contributed by atoms with E-state index in [-0.39, 0.29) is 0 Å². The Morgan fingerprint density at radius 3 is 2.85 bits per heavy atom. The molecule has 0 bridgehead atoms. The van der Waals surface area contributed by atoms with Crippen molar-refractivity contribution in [1.29, 1.82) is 0 Å². The average Bonchev–Trinajstić information content (AvgIpc) is 2.98. The summed E-state index contributed by atoms with van der Waals surface area (Å²) in [6, 6.07) is 10.6. The van der Waals surface area contributed by atoms with Gasteiger partial charge in [-0.15, -0.1) is 0 Å². The molecule has 1 aromatic carbocycles. The van der Waals surface area contributed by atoms with E-state index in [2.05, 4.69) is 39.0 Å². The number of para-hydroxylation sites is 2. The second kappa shape index (κ2) is 6.11. The largest absolute Gasteiger partial charge is 0.308 e. The SMILES string of the molecule is CC(Cc1ccsc1)NCc1cnc2ccccc2n1. The smallest absolute Gasteiger partial charge is 0.0890 e. The Bertz CT molecular complexity index is 679. The Labute approximate surface area is 122 Å². The molecule has 20 heavy (non-hydrogen) atoms. The summed E-state index contributed by atoms with van der Waals surface area (Å²) in [7, 11) is 0. The van der Waals surface area contributed by atoms with Crippen molar-refractivity contribution in [2.45, 2.75) is 25.9 Å². The maximum absolute atomic E-state index is 4.62. The number of benzene rings is 1. The fourth-order valence-corrected chi connectivity index (χ4v) is 2.88. The molecule has 2 aromatic heterocycles. The Morgan fingerprint density at radius 1 is 1.20 bits per heavy atom. The molecule has 3 aromatic rings. The van der Waals surface area contributed by atoms with Gasteiger partial charge in [0.05, 0.1) is 22.9 Å². The van der Waals surface area contributed by atoms with E-state index in [9.17, 15) is 0 Å². The highest BCUT2D eigenvalue weighted by Crippen LogP contribution is 2.10. The van der Waals surface area contributed by atoms with Gasteiger partial charge in [0.15, 0.2) is 0 Å². The lowest BCUT2D eigenvalue weighted by Gasteiger charge is -2.12. The van der Waals surface area contributed by atoms with Gasteiger partial charge in [0.1, 0.15) is 0 Å². The lowest BCUT2D eigenvalue weighted by molar-refractivity contribution is 0.540. The van der Waals surface area contributed by atoms with Gasteiger partial charge in [-0.2, -0.15) is 11.3 Å². The van der Waals surface area contributed by atoms with Crippen molar-refractivity contribution in [3.05, 3.63) is 58.5 Å². The minimum atomic E-state index is 0.429. The summed E-state index contributed by atoms with van der Waals surface area (Å²) in [5, 5.41) is 7.83. The minimum Gasteiger partial charge on any atom is -0.308 e. The highest BCUT2D eigenvalue weighted by molar-refractivity contribution is 7.07. The van der Waals surface area contributed by atoms with Crippen LogP contribution in [0.25, 0.3) is 11.0 Å². The molecule has 3 rings (SSSR count). The van der Waals surface area contributed by atoms with Crippen LogP contribution in [0.15, 0.2) is 47.3 Å². The molecule has 0 aliphatic heterocycles. The second-order valence-electron chi connectivity index (χ2n) is 4.97. The van der Waals surface area contributed by atoms with Crippen LogP contribution >= 0.6 is 11.3 Å². The summed E-state index contributed by atoms with van der Waals surface area (Å²) >= 11 is 1.75. The van der Waals surface area contributed by atoms with Gasteiger partial charge < -0.3 is 5.32 Å². The molecule has 0 spiro atoms. The first-order chi connectivity index (χ1) is 9.81. The van der Waals surface area contributed by atoms with Gasteiger partial charge in [-0.05, 0) is 47.9 Å². The number of nitrogens with one attached hydrogen (secondary N) is 1. The quantitative estimate of drug-likeness (QED) is 0.779. The first-order valence-corrected chi connectivity index (χ1v) is 7.70. The molecule has 2 heterocycles. The van der Waals surface area contributed by atoms with Crippen LogP contribution in [-0.4, -0.2) is 16.0 Å². The topological polar surface area (TPSA) is 37.8 Å². The predicted octanol–water partition coefficient (Wildman–Crippen LogP) is 3.41. The standard InChI is InChI=1S/C16H17N3S/c1-12(8-13-6-7-20-11-13)17-9-14-10-18-15-4-2-3-5-16(15)19-14/h2-7,10-12,17H,8-9H2,1H3. The fourth-order valence-electron chi connectivity index (χ4n) is 2.19. The molecule has 0 amide bonds. The van der Waals surface area contributed by atoms with Crippen molar-refractivity contribution in [2.24, 2.45) is 0 Å². The van der Waals surface area contributed by atoms with E-state index in [4.69, 9.17) is 0 Å². The third-order valence-electron chi connectivity index (χ3n) is 3.25. The number of rotatable bonds is 5. The molecular weight excluding hydrogens is 266 g/mol. The summed E-state index contributed by atoms with van der Waals surface area (Å²) in [6.45, 7) is 2.95. The van der Waals surface area contributed by atoms with Crippen LogP contribution in [0.4, 0.5) is 0 Å². The van der Waals surface area contributed by atoms with E-state index < -0.39 is 0 Å². The molecule has 0 saturated carbocycles. The number of fused-ring (bicyclic) bond motifs is 1. The van der Waals surface area contributed by atoms with Crippen molar-refractivity contribution in [1.82, 2.24) is 15.3 Å². The molecule has 3 nitrogen and oxygen atoms in total. The molecule has 0 saturated heterocycles. The van der Waals surface area contributed by atoms with Gasteiger partial charge in [0, 0.05) is 12.6 Å². The van der Waals surface area contributed by atoms with E-state index in [1.807, 2.05) is 30.5 Å². The normalized spacial score (nSPS) is 12.7. The first-order valence-electron chi connectivity index (χ1n) is 6.76. The number of hydrogen-bond acceptors (Lipinski definition) is 4. The van der Waals surface area contributed by atoms with E-state index in [1.54, 1.807) is 11.3 Å². The zero-order valence-electron chi connectivity index (χ0n) is 11.4. The lowest BCUT2D eigenvalue weighted by Crippen LogP contribution is -2.27. The predicted molar refractivity (Wildman–Crippen MR) is 83.9 cm³/mol. The highest BCUT2D eigenvalue weighted by atomic mass is 32.1. The molecule has 0 aliphatic carbocycles. The Kier molecular flexibility index (Phi) is 4.04. The molecule has 1 atom stereocenters. The fraction of sp³-hybridized carbons (Fsp3) is 0.250. The molecule has 0 radical (unpaired) electrons. The lowest BCUT2D eigenvalue weighted by atomic mass is 10.1. The third kappa shape index (κ3) is 3.21. The van der Waals surface area contributed by atoms with Crippen LogP contribution in [0.1, 0.15) is 18.2 Å². The van der Waals surface area contributed by atoms with Crippen LogP contribution in [0, 0.1) is 0 Å². The molecule has 102 valence electrons. The summed E-state index contributed by atoms with van der Waals surface area (Å²) < 4.78 is 0. The van der Waals surface area contributed by atoms with Crippen LogP contribution in [0.2, 0.25) is 0 Å². The van der Waals surface area contributed by atoms with Gasteiger partial charge >= 0.3 is 0 Å². The average molecular weight is 283 g/mol. The van der Waals surface area contributed by atoms with Crippen molar-refractivity contribution >= 4 is 22.4 Å². The van der Waals surface area contributed by atoms with Gasteiger partial charge in [0.25, 0.3) is 0 Å². The number of nitrogens with zero attached hydrogens (tertiary/aromatic N) is 2. The Morgan fingerprint density at radius 2 is 2.05 bits per heavy atom. The molecule has 0 aliphatic rings. The monoisotopic (exact) mass is 283 g/mol. The zero-order valence-corrected chi connectivity index (χ0v) is 12.2. The van der Waals surface area contributed by atoms with Crippen molar-refractivity contribution in [3.63, 3.8) is 0 Å². The molecule has 4 heteroatoms. The molecular formula is C16H17N3S. The molecule has 1 N–H and O–H groups in total. The van der Waals surface area contributed by atoms with Crippen molar-refractivity contribution in [3.8, 4) is 0 Å². The number of aromatic nitrogens is 2. The number of hydrogen-bond donors (Lipinski definition) is 1. The summed E-state index contributed by atoms with van der Waals surface area (Å²) in [6.07, 6.45) is 2.90. The Hall–Kier alpha value is -1.78. The van der Waals surface area contributed by atoms with Gasteiger partial charge in [0.2, 0.25) is 0 Å². The van der Waals surface area contributed by atoms with Crippen LogP contribution in [0.5, 0.6) is 0 Å². The summed E-state index contributed by atoms with van der Waals surface area (Å²) in [5.41, 5.74) is 4.28. The van der Waals surface area contributed by atoms with E-state index >= 15 is 0 Å². The third-order valence-corrected chi connectivity index (χ3v) is 3.98. The minimum absolute atomic E-state index is 0.429. The maximum Gasteiger partial charge on any atom is 0.0890 e. The maximum atomic E-state index is 4.62. The van der Waals surface area contributed by atoms with Crippen LogP contribution in [0.3, 0.4) is 0 Å². The van der Waals surface area contributed by atoms with Crippen LogP contribution < -0.4 is 5.32 Å². The summed E-state index contributed by atoms with van der Waals surface area (Å²) in [5.74, 6) is 0. The highest BCUT2D eigenvalue weighted by Gasteiger charge is 2.05. The van der Waals surface area contributed by atoms with Crippen molar-refractivity contribution in [2.75, 3.05) is 0 Å². The van der Waals surface area contributed by atoms with Crippen LogP contribution in [-0.2, 0) is 13.0 Å². The van der Waals surface area contributed by atoms with Crippen molar-refractivity contribution < 1.29 is 0 Å². The van der Waals surface area contributed by atoms with E-state index in [1.165, 1.54) is 5.56 Å².